The molecule has 2 rings (SSSR count). The Hall–Kier alpha value is -1.23. The fraction of sp³-hybridized carbons (Fsp3) is 0.200. The van der Waals surface area contributed by atoms with Gasteiger partial charge in [-0.3, -0.25) is 0 Å². The van der Waals surface area contributed by atoms with E-state index in [1.807, 2.05) is 24.3 Å². The van der Waals surface area contributed by atoms with Gasteiger partial charge in [-0.05, 0) is 17.7 Å². The molecule has 100 valence electrons. The van der Waals surface area contributed by atoms with Gasteiger partial charge in [0, 0.05) is 22.5 Å². The van der Waals surface area contributed by atoms with Crippen LogP contribution in [0, 0.1) is 5.82 Å². The number of hydrogen-bond acceptors (Lipinski definition) is 2. The van der Waals surface area contributed by atoms with Crippen molar-refractivity contribution in [2.75, 3.05) is 6.54 Å². The monoisotopic (exact) mass is 323 g/mol. The molecule has 3 N–H and O–H groups in total. The van der Waals surface area contributed by atoms with Gasteiger partial charge in [-0.2, -0.15) is 0 Å². The average Bonchev–Trinajstić information content (AvgIpc) is 2.42. The molecule has 0 fully saturated rings. The summed E-state index contributed by atoms with van der Waals surface area (Å²) in [6.45, 7) is 0.234. The Morgan fingerprint density at radius 3 is 2.21 bits per heavy atom. The fourth-order valence-electron chi connectivity index (χ4n) is 2.13. The zero-order valence-corrected chi connectivity index (χ0v) is 11.8. The van der Waals surface area contributed by atoms with E-state index in [1.165, 1.54) is 6.07 Å². The molecule has 19 heavy (non-hydrogen) atoms. The minimum absolute atomic E-state index is 0.234. The van der Waals surface area contributed by atoms with Crippen LogP contribution in [-0.4, -0.2) is 11.7 Å². The maximum atomic E-state index is 13.7. The molecule has 0 radical (unpaired) electrons. The Morgan fingerprint density at radius 2 is 1.63 bits per heavy atom. The van der Waals surface area contributed by atoms with E-state index < -0.39 is 11.9 Å². The van der Waals surface area contributed by atoms with Gasteiger partial charge in [0.1, 0.15) is 5.82 Å². The SMILES string of the molecule is NCC(c1ccccc1Br)C(O)c1ccccc1F. The van der Waals surface area contributed by atoms with Crippen molar-refractivity contribution in [3.63, 3.8) is 0 Å². The molecule has 0 bridgehead atoms. The summed E-state index contributed by atoms with van der Waals surface area (Å²) in [5.74, 6) is -0.770. The zero-order chi connectivity index (χ0) is 13.8. The van der Waals surface area contributed by atoms with Crippen molar-refractivity contribution >= 4 is 15.9 Å². The van der Waals surface area contributed by atoms with Crippen LogP contribution in [0.15, 0.2) is 53.0 Å². The van der Waals surface area contributed by atoms with Crippen LogP contribution in [0.5, 0.6) is 0 Å². The Kier molecular flexibility index (Phi) is 4.69. The molecule has 0 heterocycles. The van der Waals surface area contributed by atoms with E-state index in [4.69, 9.17) is 5.73 Å². The van der Waals surface area contributed by atoms with E-state index in [1.54, 1.807) is 18.2 Å². The first-order valence-electron chi connectivity index (χ1n) is 6.02. The highest BCUT2D eigenvalue weighted by molar-refractivity contribution is 9.10. The number of hydrogen-bond donors (Lipinski definition) is 2. The Morgan fingerprint density at radius 1 is 1.05 bits per heavy atom. The minimum Gasteiger partial charge on any atom is -0.388 e. The molecule has 2 nitrogen and oxygen atoms in total. The number of halogens is 2. The minimum atomic E-state index is -0.968. The molecule has 0 saturated heterocycles. The van der Waals surface area contributed by atoms with E-state index in [0.717, 1.165) is 10.0 Å². The first kappa shape index (κ1) is 14.2. The lowest BCUT2D eigenvalue weighted by molar-refractivity contribution is 0.143. The van der Waals surface area contributed by atoms with Crippen molar-refractivity contribution in [3.8, 4) is 0 Å². The molecule has 2 aromatic carbocycles. The van der Waals surface area contributed by atoms with Gasteiger partial charge in [-0.25, -0.2) is 4.39 Å². The highest BCUT2D eigenvalue weighted by atomic mass is 79.9. The molecular formula is C15H15BrFNO. The number of nitrogens with two attached hydrogens (primary N) is 1. The molecule has 0 aromatic heterocycles. The van der Waals surface area contributed by atoms with E-state index in [0.29, 0.717) is 0 Å². The molecule has 4 heteroatoms. The highest BCUT2D eigenvalue weighted by Gasteiger charge is 2.25. The van der Waals surface area contributed by atoms with Crippen molar-refractivity contribution in [3.05, 3.63) is 69.9 Å². The second-order valence-electron chi connectivity index (χ2n) is 4.33. The van der Waals surface area contributed by atoms with E-state index in [9.17, 15) is 9.50 Å². The van der Waals surface area contributed by atoms with E-state index in [-0.39, 0.29) is 18.0 Å². The molecule has 2 unspecified atom stereocenters. The van der Waals surface area contributed by atoms with Crippen LogP contribution in [0.2, 0.25) is 0 Å². The predicted molar refractivity (Wildman–Crippen MR) is 77.3 cm³/mol. The van der Waals surface area contributed by atoms with Gasteiger partial charge in [0.25, 0.3) is 0 Å². The highest BCUT2D eigenvalue weighted by Crippen LogP contribution is 2.34. The summed E-state index contributed by atoms with van der Waals surface area (Å²) in [7, 11) is 0. The Balaban J connectivity index is 2.38. The molecule has 2 aromatic rings. The number of aliphatic hydroxyl groups is 1. The van der Waals surface area contributed by atoms with Crippen LogP contribution < -0.4 is 5.73 Å². The van der Waals surface area contributed by atoms with Gasteiger partial charge in [0.15, 0.2) is 0 Å². The van der Waals surface area contributed by atoms with E-state index in [2.05, 4.69) is 15.9 Å². The van der Waals surface area contributed by atoms with Crippen LogP contribution in [0.3, 0.4) is 0 Å². The molecule has 2 atom stereocenters. The summed E-state index contributed by atoms with van der Waals surface area (Å²) in [6, 6.07) is 13.7. The largest absolute Gasteiger partial charge is 0.388 e. The molecule has 0 saturated carbocycles. The van der Waals surface area contributed by atoms with Crippen LogP contribution in [0.4, 0.5) is 4.39 Å². The molecule has 0 aliphatic rings. The maximum absolute atomic E-state index is 13.7. The second-order valence-corrected chi connectivity index (χ2v) is 5.18. The van der Waals surface area contributed by atoms with Crippen LogP contribution in [0.1, 0.15) is 23.1 Å². The average molecular weight is 324 g/mol. The molecule has 0 spiro atoms. The number of aliphatic hydroxyl groups excluding tert-OH is 1. The van der Waals surface area contributed by atoms with E-state index >= 15 is 0 Å². The standard InChI is InChI=1S/C15H15BrFNO/c16-13-7-3-1-5-10(13)12(9-18)15(19)11-6-2-4-8-14(11)17/h1-8,12,15,19H,9,18H2. The third-order valence-electron chi connectivity index (χ3n) is 3.16. The summed E-state index contributed by atoms with van der Waals surface area (Å²) in [6.07, 6.45) is -0.968. The fourth-order valence-corrected chi connectivity index (χ4v) is 2.71. The van der Waals surface area contributed by atoms with Gasteiger partial charge < -0.3 is 10.8 Å². The molecule has 0 amide bonds. The summed E-state index contributed by atoms with van der Waals surface area (Å²) in [5, 5.41) is 10.4. The third kappa shape index (κ3) is 3.03. The summed E-state index contributed by atoms with van der Waals surface area (Å²) in [5.41, 5.74) is 6.91. The van der Waals surface area contributed by atoms with Gasteiger partial charge in [0.2, 0.25) is 0 Å². The molecule has 0 aliphatic heterocycles. The van der Waals surface area contributed by atoms with Crippen molar-refractivity contribution in [1.82, 2.24) is 0 Å². The van der Waals surface area contributed by atoms with Gasteiger partial charge in [0.05, 0.1) is 6.10 Å². The zero-order valence-electron chi connectivity index (χ0n) is 10.3. The predicted octanol–water partition coefficient (Wildman–Crippen LogP) is 3.36. The van der Waals surface area contributed by atoms with Crippen LogP contribution in [0.25, 0.3) is 0 Å². The Bertz CT molecular complexity index is 561. The van der Waals surface area contributed by atoms with Crippen molar-refractivity contribution in [1.29, 1.82) is 0 Å². The van der Waals surface area contributed by atoms with Gasteiger partial charge in [-0.1, -0.05) is 52.3 Å². The quantitative estimate of drug-likeness (QED) is 0.906. The topological polar surface area (TPSA) is 46.2 Å². The summed E-state index contributed by atoms with van der Waals surface area (Å²) < 4.78 is 14.6. The smallest absolute Gasteiger partial charge is 0.129 e. The Labute approximate surface area is 120 Å². The summed E-state index contributed by atoms with van der Waals surface area (Å²) in [4.78, 5) is 0. The van der Waals surface area contributed by atoms with Crippen molar-refractivity contribution < 1.29 is 9.50 Å². The first-order valence-corrected chi connectivity index (χ1v) is 6.81. The lowest BCUT2D eigenvalue weighted by Crippen LogP contribution is -2.21. The molecular weight excluding hydrogens is 309 g/mol. The lowest BCUT2D eigenvalue weighted by atomic mass is 9.89. The number of rotatable bonds is 4. The normalized spacial score (nSPS) is 14.1. The second kappa shape index (κ2) is 6.28. The maximum Gasteiger partial charge on any atom is 0.129 e. The van der Waals surface area contributed by atoms with Crippen molar-refractivity contribution in [2.45, 2.75) is 12.0 Å². The van der Waals surface area contributed by atoms with Gasteiger partial charge in [-0.15, -0.1) is 0 Å². The molecule has 0 aliphatic carbocycles. The first-order chi connectivity index (χ1) is 9.15. The lowest BCUT2D eigenvalue weighted by Gasteiger charge is -2.23. The van der Waals surface area contributed by atoms with Gasteiger partial charge >= 0.3 is 0 Å². The van der Waals surface area contributed by atoms with Crippen LogP contribution in [-0.2, 0) is 0 Å². The van der Waals surface area contributed by atoms with Crippen LogP contribution >= 0.6 is 15.9 Å². The summed E-state index contributed by atoms with van der Waals surface area (Å²) >= 11 is 3.44. The van der Waals surface area contributed by atoms with Crippen molar-refractivity contribution in [2.24, 2.45) is 5.73 Å². The number of benzene rings is 2. The third-order valence-corrected chi connectivity index (χ3v) is 3.89.